The predicted octanol–water partition coefficient (Wildman–Crippen LogP) is 9.91. The molecule has 0 amide bonds. The van der Waals surface area contributed by atoms with Gasteiger partial charge in [0, 0.05) is 17.7 Å². The third-order valence-electron chi connectivity index (χ3n) is 14.2. The maximum Gasteiger partial charge on any atom is 0.138 e. The Balaban J connectivity index is 1.23. The molecule has 4 fully saturated rings. The van der Waals surface area contributed by atoms with Crippen molar-refractivity contribution in [3.63, 3.8) is 0 Å². The van der Waals surface area contributed by atoms with E-state index in [1.807, 2.05) is 12.1 Å². The number of ether oxygens (including phenoxy) is 1. The van der Waals surface area contributed by atoms with Crippen molar-refractivity contribution in [2.45, 2.75) is 117 Å². The second-order valence-electron chi connectivity index (χ2n) is 16.5. The van der Waals surface area contributed by atoms with Crippen LogP contribution in [0, 0.1) is 52.3 Å². The minimum atomic E-state index is -0.659. The van der Waals surface area contributed by atoms with Gasteiger partial charge >= 0.3 is 0 Å². The zero-order valence-corrected chi connectivity index (χ0v) is 27.1. The highest BCUT2D eigenvalue weighted by molar-refractivity contribution is 5.51. The van der Waals surface area contributed by atoms with Crippen LogP contribution >= 0.6 is 0 Å². The second kappa shape index (κ2) is 10.3. The summed E-state index contributed by atoms with van der Waals surface area (Å²) in [6, 6.07) is 10.7. The number of rotatable bonds is 6. The van der Waals surface area contributed by atoms with Gasteiger partial charge in [-0.1, -0.05) is 59.9 Å². The smallest absolute Gasteiger partial charge is 0.138 e. The van der Waals surface area contributed by atoms with Crippen LogP contribution in [-0.2, 0) is 5.60 Å². The van der Waals surface area contributed by atoms with Gasteiger partial charge < -0.3 is 20.1 Å². The third kappa shape index (κ3) is 4.43. The van der Waals surface area contributed by atoms with Crippen LogP contribution in [0.1, 0.15) is 122 Å². The first-order valence-corrected chi connectivity index (χ1v) is 17.5. The van der Waals surface area contributed by atoms with Gasteiger partial charge in [-0.2, -0.15) is 0 Å². The van der Waals surface area contributed by atoms with Gasteiger partial charge in [-0.15, -0.1) is 0 Å². The van der Waals surface area contributed by atoms with Crippen LogP contribution in [0.3, 0.4) is 0 Å². The summed E-state index contributed by atoms with van der Waals surface area (Å²) < 4.78 is 6.88. The van der Waals surface area contributed by atoms with Crippen molar-refractivity contribution in [2.75, 3.05) is 0 Å². The molecule has 0 radical (unpaired) electrons. The van der Waals surface area contributed by atoms with Crippen LogP contribution in [0.4, 0.5) is 0 Å². The van der Waals surface area contributed by atoms with Gasteiger partial charge in [0.1, 0.15) is 28.6 Å². The Labute approximate surface area is 259 Å². The van der Waals surface area contributed by atoms with E-state index in [1.54, 1.807) is 12.1 Å². The van der Waals surface area contributed by atoms with Crippen molar-refractivity contribution in [3.05, 3.63) is 47.5 Å². The summed E-state index contributed by atoms with van der Waals surface area (Å²) in [6.07, 6.45) is 13.8. The van der Waals surface area contributed by atoms with Crippen LogP contribution in [0.15, 0.2) is 36.4 Å². The summed E-state index contributed by atoms with van der Waals surface area (Å²) in [5.74, 6) is 6.74. The summed E-state index contributed by atoms with van der Waals surface area (Å²) in [4.78, 5) is 0. The van der Waals surface area contributed by atoms with Crippen molar-refractivity contribution in [3.8, 4) is 23.0 Å². The van der Waals surface area contributed by atoms with Gasteiger partial charge in [0.15, 0.2) is 0 Å². The molecule has 4 heteroatoms. The summed E-state index contributed by atoms with van der Waals surface area (Å²) in [5, 5.41) is 31.7. The lowest BCUT2D eigenvalue weighted by Crippen LogP contribution is -2.60. The summed E-state index contributed by atoms with van der Waals surface area (Å²) in [5.41, 5.74) is 1.96. The molecule has 2 aromatic carbocycles. The number of phenolic OH excluding ortho intramolecular Hbond substituents is 3. The second-order valence-corrected chi connectivity index (χ2v) is 16.5. The molecular weight excluding hydrogens is 532 g/mol. The number of phenols is 3. The van der Waals surface area contributed by atoms with Crippen LogP contribution in [0.2, 0.25) is 0 Å². The lowest BCUT2D eigenvalue weighted by Gasteiger charge is -2.66. The van der Waals surface area contributed by atoms with E-state index in [1.165, 1.54) is 69.4 Å². The van der Waals surface area contributed by atoms with Crippen molar-refractivity contribution in [1.82, 2.24) is 0 Å². The molecule has 10 atom stereocenters. The highest BCUT2D eigenvalue weighted by Crippen LogP contribution is 2.74. The van der Waals surface area contributed by atoms with Gasteiger partial charge in [0.2, 0.25) is 0 Å². The van der Waals surface area contributed by atoms with Gasteiger partial charge in [-0.25, -0.2) is 0 Å². The molecular formula is C39H54O4. The molecule has 0 spiro atoms. The quantitative estimate of drug-likeness (QED) is 0.315. The standard InChI is InChI=1S/C39H54O4/c1-23(2)7-6-8-24(3)30-15-16-31-28-12-9-25-21-39(33-14-11-26(40)19-35(33)42)22-34(29-13-10-27(41)20-36(29)43-39)38(25,5)32(28)17-18-37(30,31)4/h10-11,13-14,19-20,23-25,28,30-32,34,40-42H,6-9,12,15-18,21-22H2,1-5H3/t24-,25?,28+,30-,31+,32+,34-,37-,38+,39+/m1/s1. The van der Waals surface area contributed by atoms with E-state index in [-0.39, 0.29) is 22.7 Å². The molecule has 2 bridgehead atoms. The Morgan fingerprint density at radius 2 is 1.60 bits per heavy atom. The van der Waals surface area contributed by atoms with Gasteiger partial charge in [0.25, 0.3) is 0 Å². The van der Waals surface area contributed by atoms with E-state index >= 15 is 0 Å². The largest absolute Gasteiger partial charge is 0.508 e. The molecule has 5 aliphatic rings. The van der Waals surface area contributed by atoms with Gasteiger partial charge in [0.05, 0.1) is 0 Å². The molecule has 7 rings (SSSR count). The zero-order chi connectivity index (χ0) is 30.3. The molecule has 4 saturated carbocycles. The Morgan fingerprint density at radius 3 is 2.37 bits per heavy atom. The Morgan fingerprint density at radius 1 is 0.837 bits per heavy atom. The van der Waals surface area contributed by atoms with Crippen molar-refractivity contribution < 1.29 is 20.1 Å². The van der Waals surface area contributed by atoms with E-state index < -0.39 is 5.60 Å². The van der Waals surface area contributed by atoms with Crippen LogP contribution < -0.4 is 4.74 Å². The predicted molar refractivity (Wildman–Crippen MR) is 171 cm³/mol. The molecule has 0 aromatic heterocycles. The first kappa shape index (κ1) is 29.4. The summed E-state index contributed by atoms with van der Waals surface area (Å²) >= 11 is 0. The Hall–Kier alpha value is -2.36. The highest BCUT2D eigenvalue weighted by atomic mass is 16.5. The number of benzene rings is 2. The van der Waals surface area contributed by atoms with E-state index in [0.29, 0.717) is 23.2 Å². The Bertz CT molecular complexity index is 1370. The minimum Gasteiger partial charge on any atom is -0.508 e. The van der Waals surface area contributed by atoms with Crippen molar-refractivity contribution in [1.29, 1.82) is 0 Å². The lowest BCUT2D eigenvalue weighted by molar-refractivity contribution is -0.168. The van der Waals surface area contributed by atoms with E-state index in [2.05, 4.69) is 40.7 Å². The maximum absolute atomic E-state index is 11.1. The number of aromatic hydroxyl groups is 3. The topological polar surface area (TPSA) is 69.9 Å². The SMILES string of the molecule is CC(C)CCC[C@@H](C)[C@H]1CC[C@H]2[C@@H]3CCC4C[C@@]5(c6ccc(O)cc6O)C[C@H](c6ccc(O)cc6O5)[C@]4(C)[C@H]3CC[C@]12C. The average Bonchev–Trinajstić information content (AvgIpc) is 3.30. The average molecular weight is 587 g/mol. The lowest BCUT2D eigenvalue weighted by atomic mass is 9.40. The maximum atomic E-state index is 11.1. The van der Waals surface area contributed by atoms with Crippen molar-refractivity contribution >= 4 is 0 Å². The summed E-state index contributed by atoms with van der Waals surface area (Å²) in [6.45, 7) is 12.6. The fourth-order valence-corrected chi connectivity index (χ4v) is 12.2. The van der Waals surface area contributed by atoms with E-state index in [9.17, 15) is 15.3 Å². The third-order valence-corrected chi connectivity index (χ3v) is 14.2. The normalized spacial score (nSPS) is 40.1. The van der Waals surface area contributed by atoms with Gasteiger partial charge in [-0.05, 0) is 133 Å². The molecule has 4 nitrogen and oxygen atoms in total. The monoisotopic (exact) mass is 586 g/mol. The van der Waals surface area contributed by atoms with Crippen LogP contribution in [-0.4, -0.2) is 15.3 Å². The Kier molecular flexibility index (Phi) is 7.06. The first-order chi connectivity index (χ1) is 20.5. The molecule has 1 unspecified atom stereocenters. The van der Waals surface area contributed by atoms with Crippen molar-refractivity contribution in [2.24, 2.45) is 52.3 Å². The molecule has 3 N–H and O–H groups in total. The molecule has 2 aromatic rings. The summed E-state index contributed by atoms with van der Waals surface area (Å²) in [7, 11) is 0. The number of hydrogen-bond donors (Lipinski definition) is 3. The van der Waals surface area contributed by atoms with Gasteiger partial charge in [-0.3, -0.25) is 0 Å². The van der Waals surface area contributed by atoms with Crippen LogP contribution in [0.25, 0.3) is 0 Å². The zero-order valence-electron chi connectivity index (χ0n) is 27.1. The van der Waals surface area contributed by atoms with E-state index in [4.69, 9.17) is 4.74 Å². The molecule has 43 heavy (non-hydrogen) atoms. The van der Waals surface area contributed by atoms with Crippen LogP contribution in [0.5, 0.6) is 23.0 Å². The number of hydrogen-bond acceptors (Lipinski definition) is 4. The molecule has 0 saturated heterocycles. The molecule has 1 aliphatic heterocycles. The number of fused-ring (bicyclic) bond motifs is 10. The fourth-order valence-electron chi connectivity index (χ4n) is 12.2. The van der Waals surface area contributed by atoms with E-state index in [0.717, 1.165) is 53.7 Å². The molecule has 1 heterocycles. The first-order valence-electron chi connectivity index (χ1n) is 17.5. The molecule has 4 aliphatic carbocycles. The fraction of sp³-hybridized carbons (Fsp3) is 0.692. The molecule has 234 valence electrons. The minimum absolute atomic E-state index is 0.0681. The highest BCUT2D eigenvalue weighted by Gasteiger charge is 2.66.